The molecule has 0 saturated carbocycles. The van der Waals surface area contributed by atoms with Crippen molar-refractivity contribution >= 4 is 29.3 Å². The summed E-state index contributed by atoms with van der Waals surface area (Å²) in [6.45, 7) is 1.97. The van der Waals surface area contributed by atoms with E-state index in [4.69, 9.17) is 27.9 Å². The number of hydrogen-bond acceptors (Lipinski definition) is 3. The topological polar surface area (TPSA) is 55.0 Å². The first-order chi connectivity index (χ1) is 9.58. The largest absolute Gasteiger partial charge is 0.449 e. The maximum Gasteiger partial charge on any atom is 0.417 e. The van der Waals surface area contributed by atoms with Crippen molar-refractivity contribution in [1.82, 2.24) is 4.57 Å². The normalized spacial score (nSPS) is 10.1. The van der Waals surface area contributed by atoms with E-state index in [0.29, 0.717) is 26.7 Å². The molecule has 2 aromatic rings. The smallest absolute Gasteiger partial charge is 0.417 e. The van der Waals surface area contributed by atoms with E-state index >= 15 is 0 Å². The number of benzene rings is 1. The maximum atomic E-state index is 11.7. The standard InChI is InChI=1S/C14H10Cl2N2O2/c1-2-20-14(19)18-7-9(6-17)11(8-18)10-4-3-5-12(15)13(10)16/h3-5,7-8H,2H2,1H3. The Morgan fingerprint density at radius 1 is 1.35 bits per heavy atom. The Morgan fingerprint density at radius 2 is 2.10 bits per heavy atom. The Labute approximate surface area is 126 Å². The van der Waals surface area contributed by atoms with Crippen LogP contribution in [0, 0.1) is 11.3 Å². The number of carbonyl (C=O) groups excluding carboxylic acids is 1. The molecule has 1 aromatic heterocycles. The van der Waals surface area contributed by atoms with Crippen molar-refractivity contribution in [2.45, 2.75) is 6.92 Å². The van der Waals surface area contributed by atoms with Crippen LogP contribution in [0.2, 0.25) is 10.0 Å². The van der Waals surface area contributed by atoms with E-state index in [2.05, 4.69) is 0 Å². The van der Waals surface area contributed by atoms with Crippen molar-refractivity contribution in [2.75, 3.05) is 6.61 Å². The quantitative estimate of drug-likeness (QED) is 0.829. The number of halogens is 2. The van der Waals surface area contributed by atoms with E-state index in [0.717, 1.165) is 0 Å². The average molecular weight is 309 g/mol. The van der Waals surface area contributed by atoms with Gasteiger partial charge in [0, 0.05) is 23.5 Å². The van der Waals surface area contributed by atoms with Crippen LogP contribution >= 0.6 is 23.2 Å². The molecule has 1 heterocycles. The van der Waals surface area contributed by atoms with Crippen molar-refractivity contribution in [3.05, 3.63) is 46.2 Å². The van der Waals surface area contributed by atoms with E-state index in [1.165, 1.54) is 17.0 Å². The third-order valence-corrected chi connectivity index (χ3v) is 3.49. The second-order valence-corrected chi connectivity index (χ2v) is 4.69. The summed E-state index contributed by atoms with van der Waals surface area (Å²) in [5.41, 5.74) is 1.45. The Hall–Kier alpha value is -1.96. The molecule has 0 aliphatic rings. The molecule has 0 saturated heterocycles. The summed E-state index contributed by atoms with van der Waals surface area (Å²) >= 11 is 12.1. The molecule has 0 aliphatic carbocycles. The predicted molar refractivity (Wildman–Crippen MR) is 77.0 cm³/mol. The highest BCUT2D eigenvalue weighted by molar-refractivity contribution is 6.43. The van der Waals surface area contributed by atoms with Gasteiger partial charge in [-0.25, -0.2) is 4.79 Å². The molecule has 4 nitrogen and oxygen atoms in total. The molecule has 0 N–H and O–H groups in total. The first kappa shape index (κ1) is 14.4. The number of hydrogen-bond donors (Lipinski definition) is 0. The van der Waals surface area contributed by atoms with Gasteiger partial charge in [0.1, 0.15) is 6.07 Å². The summed E-state index contributed by atoms with van der Waals surface area (Å²) in [5, 5.41) is 9.90. The monoisotopic (exact) mass is 308 g/mol. The molecule has 0 atom stereocenters. The van der Waals surface area contributed by atoms with Crippen LogP contribution < -0.4 is 0 Å². The lowest BCUT2D eigenvalue weighted by atomic mass is 10.1. The second kappa shape index (κ2) is 6.00. The van der Waals surface area contributed by atoms with Crippen molar-refractivity contribution in [1.29, 1.82) is 5.26 Å². The lowest BCUT2D eigenvalue weighted by molar-refractivity contribution is 0.154. The fourth-order valence-corrected chi connectivity index (χ4v) is 2.18. The number of aromatic nitrogens is 1. The van der Waals surface area contributed by atoms with Gasteiger partial charge in [-0.05, 0) is 13.0 Å². The maximum absolute atomic E-state index is 11.7. The molecule has 0 radical (unpaired) electrons. The Balaban J connectivity index is 2.54. The van der Waals surface area contributed by atoms with Crippen LogP contribution in [0.5, 0.6) is 0 Å². The molecule has 20 heavy (non-hydrogen) atoms. The number of nitriles is 1. The van der Waals surface area contributed by atoms with Gasteiger partial charge in [-0.3, -0.25) is 4.57 Å². The van der Waals surface area contributed by atoms with Crippen LogP contribution in [0.25, 0.3) is 11.1 Å². The molecule has 0 bridgehead atoms. The second-order valence-electron chi connectivity index (χ2n) is 3.90. The number of carbonyl (C=O) groups is 1. The highest BCUT2D eigenvalue weighted by Gasteiger charge is 2.16. The molecular weight excluding hydrogens is 299 g/mol. The molecule has 1 aromatic carbocycles. The van der Waals surface area contributed by atoms with Gasteiger partial charge >= 0.3 is 6.09 Å². The zero-order chi connectivity index (χ0) is 14.7. The van der Waals surface area contributed by atoms with Gasteiger partial charge in [0.05, 0.1) is 22.2 Å². The summed E-state index contributed by atoms with van der Waals surface area (Å²) in [5.74, 6) is 0. The minimum atomic E-state index is -0.548. The van der Waals surface area contributed by atoms with Crippen molar-refractivity contribution in [2.24, 2.45) is 0 Å². The highest BCUT2D eigenvalue weighted by atomic mass is 35.5. The Morgan fingerprint density at radius 3 is 2.75 bits per heavy atom. The minimum absolute atomic E-state index is 0.256. The summed E-state index contributed by atoms with van der Waals surface area (Å²) < 4.78 is 6.10. The van der Waals surface area contributed by atoms with Crippen LogP contribution in [-0.4, -0.2) is 17.3 Å². The van der Waals surface area contributed by atoms with Gasteiger partial charge < -0.3 is 4.74 Å². The number of rotatable bonds is 2. The van der Waals surface area contributed by atoms with Crippen LogP contribution in [0.3, 0.4) is 0 Å². The summed E-state index contributed by atoms with van der Waals surface area (Å²) in [7, 11) is 0. The van der Waals surface area contributed by atoms with Gasteiger partial charge in [0.25, 0.3) is 0 Å². The Kier molecular flexibility index (Phi) is 4.33. The van der Waals surface area contributed by atoms with Crippen LogP contribution in [0.4, 0.5) is 4.79 Å². The lowest BCUT2D eigenvalue weighted by Crippen LogP contribution is -2.11. The van der Waals surface area contributed by atoms with Gasteiger partial charge in [-0.1, -0.05) is 35.3 Å². The third-order valence-electron chi connectivity index (χ3n) is 2.67. The molecule has 6 heteroatoms. The zero-order valence-electron chi connectivity index (χ0n) is 10.6. The minimum Gasteiger partial charge on any atom is -0.449 e. The lowest BCUT2D eigenvalue weighted by Gasteiger charge is -2.04. The van der Waals surface area contributed by atoms with Gasteiger partial charge in [0.2, 0.25) is 0 Å². The van der Waals surface area contributed by atoms with E-state index in [1.54, 1.807) is 25.1 Å². The van der Waals surface area contributed by atoms with Gasteiger partial charge in [-0.2, -0.15) is 5.26 Å². The molecule has 0 aliphatic heterocycles. The summed E-state index contributed by atoms with van der Waals surface area (Å²) in [6.07, 6.45) is 2.37. The van der Waals surface area contributed by atoms with Gasteiger partial charge in [0.15, 0.2) is 0 Å². The summed E-state index contributed by atoms with van der Waals surface area (Å²) in [6, 6.07) is 7.15. The fraction of sp³-hybridized carbons (Fsp3) is 0.143. The Bertz CT molecular complexity index is 702. The molecule has 0 unspecified atom stereocenters. The molecular formula is C14H10Cl2N2O2. The molecule has 102 valence electrons. The van der Waals surface area contributed by atoms with E-state index in [1.807, 2.05) is 6.07 Å². The molecule has 0 amide bonds. The van der Waals surface area contributed by atoms with E-state index in [9.17, 15) is 10.1 Å². The van der Waals surface area contributed by atoms with Crippen LogP contribution in [-0.2, 0) is 4.74 Å². The molecule has 0 fully saturated rings. The predicted octanol–water partition coefficient (Wildman–Crippen LogP) is 4.34. The SMILES string of the molecule is CCOC(=O)n1cc(C#N)c(-c2cccc(Cl)c2Cl)c1. The van der Waals surface area contributed by atoms with E-state index in [-0.39, 0.29) is 6.61 Å². The van der Waals surface area contributed by atoms with Gasteiger partial charge in [-0.15, -0.1) is 0 Å². The highest BCUT2D eigenvalue weighted by Crippen LogP contribution is 2.35. The first-order valence-corrected chi connectivity index (χ1v) is 6.57. The van der Waals surface area contributed by atoms with Crippen LogP contribution in [0.1, 0.15) is 12.5 Å². The average Bonchev–Trinajstić information content (AvgIpc) is 2.86. The molecule has 0 spiro atoms. The molecule has 2 rings (SSSR count). The fourth-order valence-electron chi connectivity index (χ4n) is 1.77. The zero-order valence-corrected chi connectivity index (χ0v) is 12.1. The van der Waals surface area contributed by atoms with Crippen molar-refractivity contribution < 1.29 is 9.53 Å². The summed E-state index contributed by atoms with van der Waals surface area (Å²) in [4.78, 5) is 11.7. The third kappa shape index (κ3) is 2.64. The first-order valence-electron chi connectivity index (χ1n) is 5.82. The number of ether oxygens (including phenoxy) is 1. The van der Waals surface area contributed by atoms with Crippen LogP contribution in [0.15, 0.2) is 30.6 Å². The number of nitrogens with zero attached hydrogens (tertiary/aromatic N) is 2. The van der Waals surface area contributed by atoms with Crippen molar-refractivity contribution in [3.63, 3.8) is 0 Å². The van der Waals surface area contributed by atoms with E-state index < -0.39 is 6.09 Å². The van der Waals surface area contributed by atoms with Crippen molar-refractivity contribution in [3.8, 4) is 17.2 Å².